The minimum Gasteiger partial charge on any atom is -0.480 e. The van der Waals surface area contributed by atoms with Gasteiger partial charge in [-0.15, -0.1) is 0 Å². The first-order valence-electron chi connectivity index (χ1n) is 4.30. The zero-order chi connectivity index (χ0) is 11.1. The molecule has 82 valence electrons. The van der Waals surface area contributed by atoms with E-state index in [9.17, 15) is 9.59 Å². The van der Waals surface area contributed by atoms with Crippen molar-refractivity contribution in [2.45, 2.75) is 25.4 Å². The molecule has 14 heavy (non-hydrogen) atoms. The summed E-state index contributed by atoms with van der Waals surface area (Å²) >= 11 is 0. The Morgan fingerprint density at radius 1 is 1.57 bits per heavy atom. The predicted molar refractivity (Wildman–Crippen MR) is 49.7 cm³/mol. The summed E-state index contributed by atoms with van der Waals surface area (Å²) in [6.07, 6.45) is 0.320. The minimum absolute atomic E-state index is 0.0713. The summed E-state index contributed by atoms with van der Waals surface area (Å²) in [6.45, 7) is 1.74. The van der Waals surface area contributed by atoms with Crippen LogP contribution in [0.25, 0.3) is 0 Å². The van der Waals surface area contributed by atoms with Gasteiger partial charge in [-0.05, 0) is 6.42 Å². The van der Waals surface area contributed by atoms with Crippen LogP contribution in [0, 0.1) is 0 Å². The largest absolute Gasteiger partial charge is 0.480 e. The lowest BCUT2D eigenvalue weighted by molar-refractivity contribution is -0.142. The molecule has 0 bridgehead atoms. The number of ether oxygens (including phenoxy) is 1. The summed E-state index contributed by atoms with van der Waals surface area (Å²) in [7, 11) is 1.42. The molecule has 0 fully saturated rings. The zero-order valence-corrected chi connectivity index (χ0v) is 8.32. The summed E-state index contributed by atoms with van der Waals surface area (Å²) < 4.78 is 4.67. The number of carboxylic acids is 1. The maximum Gasteiger partial charge on any atom is 0.326 e. The van der Waals surface area contributed by atoms with Crippen molar-refractivity contribution in [2.75, 3.05) is 13.7 Å². The molecule has 1 unspecified atom stereocenters. The van der Waals surface area contributed by atoms with E-state index >= 15 is 0 Å². The third-order valence-electron chi connectivity index (χ3n) is 1.71. The third kappa shape index (κ3) is 4.20. The fourth-order valence-electron chi connectivity index (χ4n) is 0.872. The molecule has 0 aromatic rings. The number of carbonyl (C=O) groups is 2. The van der Waals surface area contributed by atoms with Crippen molar-refractivity contribution < 1.29 is 19.4 Å². The van der Waals surface area contributed by atoms with Gasteiger partial charge in [-0.25, -0.2) is 4.79 Å². The topological polar surface area (TPSA) is 102 Å². The van der Waals surface area contributed by atoms with Crippen LogP contribution < -0.4 is 11.1 Å². The molecule has 6 heteroatoms. The van der Waals surface area contributed by atoms with Gasteiger partial charge in [-0.3, -0.25) is 4.79 Å². The van der Waals surface area contributed by atoms with Crippen molar-refractivity contribution in [3.8, 4) is 0 Å². The van der Waals surface area contributed by atoms with Gasteiger partial charge in [0.1, 0.15) is 12.1 Å². The SMILES string of the molecule is CC[C@H](NC(=O)C(N)COC)C(=O)O. The van der Waals surface area contributed by atoms with Crippen molar-refractivity contribution in [1.29, 1.82) is 0 Å². The number of methoxy groups -OCH3 is 1. The number of amides is 1. The van der Waals surface area contributed by atoms with E-state index in [2.05, 4.69) is 10.1 Å². The van der Waals surface area contributed by atoms with Gasteiger partial charge in [-0.2, -0.15) is 0 Å². The molecule has 0 aromatic heterocycles. The average Bonchev–Trinajstić information content (AvgIpc) is 2.13. The number of carboxylic acid groups (broad SMARTS) is 1. The van der Waals surface area contributed by atoms with E-state index in [1.807, 2.05) is 0 Å². The maximum absolute atomic E-state index is 11.2. The average molecular weight is 204 g/mol. The van der Waals surface area contributed by atoms with Crippen LogP contribution in [0.15, 0.2) is 0 Å². The number of rotatable bonds is 6. The van der Waals surface area contributed by atoms with Gasteiger partial charge in [-0.1, -0.05) is 6.92 Å². The summed E-state index contributed by atoms with van der Waals surface area (Å²) in [5.74, 6) is -1.58. The molecule has 0 aliphatic carbocycles. The summed E-state index contributed by atoms with van der Waals surface area (Å²) in [5, 5.41) is 11.0. The van der Waals surface area contributed by atoms with Crippen molar-refractivity contribution >= 4 is 11.9 Å². The number of nitrogens with one attached hydrogen (secondary N) is 1. The van der Waals surface area contributed by atoms with E-state index in [0.29, 0.717) is 6.42 Å². The highest BCUT2D eigenvalue weighted by atomic mass is 16.5. The zero-order valence-electron chi connectivity index (χ0n) is 8.32. The van der Waals surface area contributed by atoms with Crippen LogP contribution in [0.2, 0.25) is 0 Å². The Balaban J connectivity index is 4.08. The highest BCUT2D eigenvalue weighted by molar-refractivity contribution is 5.86. The van der Waals surface area contributed by atoms with Gasteiger partial charge < -0.3 is 20.9 Å². The molecule has 4 N–H and O–H groups in total. The monoisotopic (exact) mass is 204 g/mol. The highest BCUT2D eigenvalue weighted by Crippen LogP contribution is 1.92. The quantitative estimate of drug-likeness (QED) is 0.512. The molecule has 0 aliphatic rings. The Hall–Kier alpha value is -1.14. The highest BCUT2D eigenvalue weighted by Gasteiger charge is 2.21. The lowest BCUT2D eigenvalue weighted by atomic mass is 10.2. The molecule has 0 saturated carbocycles. The Morgan fingerprint density at radius 3 is 2.50 bits per heavy atom. The molecular formula is C8H16N2O4. The second-order valence-electron chi connectivity index (χ2n) is 2.87. The fourth-order valence-corrected chi connectivity index (χ4v) is 0.872. The second-order valence-corrected chi connectivity index (χ2v) is 2.87. The molecular weight excluding hydrogens is 188 g/mol. The number of carbonyl (C=O) groups excluding carboxylic acids is 1. The lowest BCUT2D eigenvalue weighted by Crippen LogP contribution is -2.49. The van der Waals surface area contributed by atoms with Gasteiger partial charge in [0, 0.05) is 7.11 Å². The normalized spacial score (nSPS) is 14.5. The summed E-state index contributed by atoms with van der Waals surface area (Å²) in [4.78, 5) is 21.8. The Bertz CT molecular complexity index is 208. The molecule has 1 amide bonds. The second kappa shape index (κ2) is 6.33. The smallest absolute Gasteiger partial charge is 0.326 e. The fraction of sp³-hybridized carbons (Fsp3) is 0.750. The van der Waals surface area contributed by atoms with Crippen LogP contribution in [0.3, 0.4) is 0 Å². The van der Waals surface area contributed by atoms with Crippen molar-refractivity contribution in [3.63, 3.8) is 0 Å². The van der Waals surface area contributed by atoms with Crippen LogP contribution in [-0.4, -0.2) is 42.8 Å². The molecule has 0 rings (SSSR count). The van der Waals surface area contributed by atoms with Crippen LogP contribution in [-0.2, 0) is 14.3 Å². The van der Waals surface area contributed by atoms with E-state index in [4.69, 9.17) is 10.8 Å². The molecule has 0 radical (unpaired) electrons. The molecule has 2 atom stereocenters. The van der Waals surface area contributed by atoms with Crippen LogP contribution in [0.1, 0.15) is 13.3 Å². The van der Waals surface area contributed by atoms with E-state index in [1.165, 1.54) is 7.11 Å². The number of hydrogen-bond donors (Lipinski definition) is 3. The van der Waals surface area contributed by atoms with Gasteiger partial charge in [0.25, 0.3) is 0 Å². The van der Waals surface area contributed by atoms with Gasteiger partial charge in [0.05, 0.1) is 6.61 Å². The van der Waals surface area contributed by atoms with E-state index < -0.39 is 24.0 Å². The summed E-state index contributed by atoms with van der Waals surface area (Å²) in [5.41, 5.74) is 5.40. The molecule has 0 aromatic carbocycles. The molecule has 0 aliphatic heterocycles. The molecule has 0 spiro atoms. The molecule has 6 nitrogen and oxygen atoms in total. The van der Waals surface area contributed by atoms with Gasteiger partial charge in [0.2, 0.25) is 5.91 Å². The predicted octanol–water partition coefficient (Wildman–Crippen LogP) is -1.06. The van der Waals surface area contributed by atoms with Crippen LogP contribution >= 0.6 is 0 Å². The van der Waals surface area contributed by atoms with Crippen LogP contribution in [0.4, 0.5) is 0 Å². The lowest BCUT2D eigenvalue weighted by Gasteiger charge is -2.15. The minimum atomic E-state index is -1.06. The summed E-state index contributed by atoms with van der Waals surface area (Å²) in [6, 6.07) is -1.71. The first kappa shape index (κ1) is 12.9. The van der Waals surface area contributed by atoms with Crippen molar-refractivity contribution in [3.05, 3.63) is 0 Å². The van der Waals surface area contributed by atoms with Gasteiger partial charge in [0.15, 0.2) is 0 Å². The number of hydrogen-bond acceptors (Lipinski definition) is 4. The number of nitrogens with two attached hydrogens (primary N) is 1. The molecule has 0 saturated heterocycles. The Morgan fingerprint density at radius 2 is 2.14 bits per heavy atom. The Labute approximate surface area is 82.4 Å². The van der Waals surface area contributed by atoms with Gasteiger partial charge >= 0.3 is 5.97 Å². The standard InChI is InChI=1S/C8H16N2O4/c1-3-6(8(12)13)10-7(11)5(9)4-14-2/h5-6H,3-4,9H2,1-2H3,(H,10,11)(H,12,13)/t5?,6-/m0/s1. The van der Waals surface area contributed by atoms with Crippen LogP contribution in [0.5, 0.6) is 0 Å². The van der Waals surface area contributed by atoms with E-state index in [1.54, 1.807) is 6.92 Å². The van der Waals surface area contributed by atoms with Crippen molar-refractivity contribution in [1.82, 2.24) is 5.32 Å². The van der Waals surface area contributed by atoms with E-state index in [0.717, 1.165) is 0 Å². The maximum atomic E-state index is 11.2. The molecule has 0 heterocycles. The van der Waals surface area contributed by atoms with Crippen molar-refractivity contribution in [2.24, 2.45) is 5.73 Å². The van der Waals surface area contributed by atoms with E-state index in [-0.39, 0.29) is 6.61 Å². The first-order valence-corrected chi connectivity index (χ1v) is 4.30. The number of aliphatic carboxylic acids is 1. The third-order valence-corrected chi connectivity index (χ3v) is 1.71. The Kier molecular flexibility index (Phi) is 5.82. The first-order chi connectivity index (χ1) is 6.52.